The summed E-state index contributed by atoms with van der Waals surface area (Å²) < 4.78 is 36.5. The van der Waals surface area contributed by atoms with Crippen LogP contribution in [0.5, 0.6) is 23.0 Å². The number of methoxy groups -OCH3 is 1. The van der Waals surface area contributed by atoms with Crippen molar-refractivity contribution in [2.24, 2.45) is 0 Å². The summed E-state index contributed by atoms with van der Waals surface area (Å²) in [5, 5.41) is 3.12. The van der Waals surface area contributed by atoms with E-state index in [2.05, 4.69) is 5.32 Å². The van der Waals surface area contributed by atoms with E-state index in [9.17, 15) is 9.18 Å². The first kappa shape index (κ1) is 19.2. The van der Waals surface area contributed by atoms with Gasteiger partial charge in [-0.05, 0) is 42.3 Å². The van der Waals surface area contributed by atoms with E-state index in [0.29, 0.717) is 47.0 Å². The van der Waals surface area contributed by atoms with Crippen molar-refractivity contribution in [3.8, 4) is 23.0 Å². The van der Waals surface area contributed by atoms with Crippen LogP contribution in [-0.4, -0.2) is 26.2 Å². The van der Waals surface area contributed by atoms with Crippen molar-refractivity contribution in [1.29, 1.82) is 0 Å². The Labute approximate surface area is 178 Å². The lowest BCUT2D eigenvalue weighted by atomic mass is 9.98. The Hall–Kier alpha value is -3.74. The normalized spacial score (nSPS) is 13.7. The SMILES string of the molecule is COc1ccc(CCNc2cc3c(cc2F)C(=O)c2cc4c(cc2OC3)OCO4)cc1. The zero-order chi connectivity index (χ0) is 21.4. The Morgan fingerprint density at radius 1 is 0.968 bits per heavy atom. The summed E-state index contributed by atoms with van der Waals surface area (Å²) in [6, 6.07) is 13.9. The van der Waals surface area contributed by atoms with Gasteiger partial charge in [-0.3, -0.25) is 4.79 Å². The molecule has 3 aromatic rings. The fourth-order valence-electron chi connectivity index (χ4n) is 3.74. The van der Waals surface area contributed by atoms with Crippen LogP contribution in [0.4, 0.5) is 10.1 Å². The monoisotopic (exact) mass is 421 g/mol. The van der Waals surface area contributed by atoms with Gasteiger partial charge in [-0.2, -0.15) is 0 Å². The lowest BCUT2D eigenvalue weighted by Crippen LogP contribution is -2.10. The molecule has 158 valence electrons. The molecular weight excluding hydrogens is 401 g/mol. The molecular formula is C24H20FNO5. The largest absolute Gasteiger partial charge is 0.497 e. The van der Waals surface area contributed by atoms with E-state index in [4.69, 9.17) is 18.9 Å². The average molecular weight is 421 g/mol. The van der Waals surface area contributed by atoms with Crippen molar-refractivity contribution in [2.75, 3.05) is 25.8 Å². The third kappa shape index (κ3) is 3.63. The molecule has 1 N–H and O–H groups in total. The minimum atomic E-state index is -0.481. The van der Waals surface area contributed by atoms with Crippen LogP contribution in [0.1, 0.15) is 27.0 Å². The molecule has 5 rings (SSSR count). The topological polar surface area (TPSA) is 66.0 Å². The smallest absolute Gasteiger partial charge is 0.231 e. The summed E-state index contributed by atoms with van der Waals surface area (Å²) in [5.41, 5.74) is 2.69. The zero-order valence-corrected chi connectivity index (χ0v) is 16.9. The van der Waals surface area contributed by atoms with Crippen molar-refractivity contribution >= 4 is 11.5 Å². The molecule has 0 fully saturated rings. The van der Waals surface area contributed by atoms with E-state index in [1.165, 1.54) is 6.07 Å². The molecule has 31 heavy (non-hydrogen) atoms. The fourth-order valence-corrected chi connectivity index (χ4v) is 3.74. The first-order chi connectivity index (χ1) is 15.1. The molecule has 0 atom stereocenters. The maximum absolute atomic E-state index is 14.8. The lowest BCUT2D eigenvalue weighted by Gasteiger charge is -2.12. The van der Waals surface area contributed by atoms with Crippen molar-refractivity contribution in [2.45, 2.75) is 13.0 Å². The van der Waals surface area contributed by atoms with E-state index in [1.54, 1.807) is 25.3 Å². The van der Waals surface area contributed by atoms with Crippen LogP contribution in [0, 0.1) is 5.82 Å². The minimum Gasteiger partial charge on any atom is -0.497 e. The fraction of sp³-hybridized carbons (Fsp3) is 0.208. The van der Waals surface area contributed by atoms with Crippen LogP contribution in [0.2, 0.25) is 0 Å². The number of rotatable bonds is 5. The average Bonchev–Trinajstić information content (AvgIpc) is 3.21. The summed E-state index contributed by atoms with van der Waals surface area (Å²) in [4.78, 5) is 13.1. The molecule has 0 saturated heterocycles. The van der Waals surface area contributed by atoms with E-state index < -0.39 is 5.82 Å². The summed E-state index contributed by atoms with van der Waals surface area (Å²) >= 11 is 0. The molecule has 7 heteroatoms. The maximum Gasteiger partial charge on any atom is 0.231 e. The predicted molar refractivity (Wildman–Crippen MR) is 112 cm³/mol. The molecule has 0 amide bonds. The van der Waals surface area contributed by atoms with Crippen LogP contribution >= 0.6 is 0 Å². The Morgan fingerprint density at radius 2 is 1.74 bits per heavy atom. The summed E-state index contributed by atoms with van der Waals surface area (Å²) in [7, 11) is 1.62. The van der Waals surface area contributed by atoms with Crippen LogP contribution < -0.4 is 24.3 Å². The summed E-state index contributed by atoms with van der Waals surface area (Å²) in [5.74, 6) is 1.43. The van der Waals surface area contributed by atoms with Gasteiger partial charge in [-0.15, -0.1) is 0 Å². The first-order valence-electron chi connectivity index (χ1n) is 9.93. The minimum absolute atomic E-state index is 0.100. The van der Waals surface area contributed by atoms with E-state index in [0.717, 1.165) is 11.3 Å². The van der Waals surface area contributed by atoms with Gasteiger partial charge in [0.2, 0.25) is 6.79 Å². The lowest BCUT2D eigenvalue weighted by molar-refractivity contribution is 0.103. The third-order valence-corrected chi connectivity index (χ3v) is 5.43. The molecule has 2 aliphatic heterocycles. The summed E-state index contributed by atoms with van der Waals surface area (Å²) in [6.45, 7) is 0.794. The number of anilines is 1. The van der Waals surface area contributed by atoms with Gasteiger partial charge < -0.3 is 24.3 Å². The van der Waals surface area contributed by atoms with Gasteiger partial charge in [0.15, 0.2) is 17.3 Å². The first-order valence-corrected chi connectivity index (χ1v) is 9.93. The van der Waals surface area contributed by atoms with Crippen LogP contribution in [0.15, 0.2) is 48.5 Å². The molecule has 2 aliphatic rings. The number of benzene rings is 3. The number of ketones is 1. The molecule has 0 bridgehead atoms. The van der Waals surface area contributed by atoms with E-state index >= 15 is 0 Å². The third-order valence-electron chi connectivity index (χ3n) is 5.43. The van der Waals surface area contributed by atoms with Crippen molar-refractivity contribution in [3.63, 3.8) is 0 Å². The molecule has 0 aromatic heterocycles. The number of hydrogen-bond donors (Lipinski definition) is 1. The summed E-state index contributed by atoms with van der Waals surface area (Å²) in [6.07, 6.45) is 0.715. The number of fused-ring (bicyclic) bond motifs is 3. The Balaban J connectivity index is 1.35. The highest BCUT2D eigenvalue weighted by atomic mass is 19.1. The second kappa shape index (κ2) is 7.83. The number of carbonyl (C=O) groups is 1. The quantitative estimate of drug-likeness (QED) is 0.661. The van der Waals surface area contributed by atoms with Crippen LogP contribution in [-0.2, 0) is 13.0 Å². The van der Waals surface area contributed by atoms with Crippen LogP contribution in [0.25, 0.3) is 0 Å². The van der Waals surface area contributed by atoms with E-state index in [1.807, 2.05) is 24.3 Å². The van der Waals surface area contributed by atoms with Gasteiger partial charge in [0.1, 0.15) is 23.9 Å². The molecule has 0 aliphatic carbocycles. The van der Waals surface area contributed by atoms with Gasteiger partial charge in [-0.25, -0.2) is 4.39 Å². The molecule has 0 spiro atoms. The highest BCUT2D eigenvalue weighted by Gasteiger charge is 2.28. The number of ether oxygens (including phenoxy) is 4. The van der Waals surface area contributed by atoms with Crippen molar-refractivity contribution < 1.29 is 28.1 Å². The Bertz CT molecular complexity index is 1160. The predicted octanol–water partition coefficient (Wildman–Crippen LogP) is 4.34. The van der Waals surface area contributed by atoms with Gasteiger partial charge >= 0.3 is 0 Å². The maximum atomic E-state index is 14.8. The number of hydrogen-bond acceptors (Lipinski definition) is 6. The highest BCUT2D eigenvalue weighted by Crippen LogP contribution is 2.41. The second-order valence-electron chi connectivity index (χ2n) is 7.33. The zero-order valence-electron chi connectivity index (χ0n) is 16.9. The highest BCUT2D eigenvalue weighted by molar-refractivity contribution is 6.12. The van der Waals surface area contributed by atoms with Gasteiger partial charge in [-0.1, -0.05) is 12.1 Å². The van der Waals surface area contributed by atoms with Crippen LogP contribution in [0.3, 0.4) is 0 Å². The number of halogens is 1. The number of carbonyl (C=O) groups excluding carboxylic acids is 1. The van der Waals surface area contributed by atoms with Crippen molar-refractivity contribution in [3.05, 3.63) is 76.6 Å². The molecule has 0 unspecified atom stereocenters. The van der Waals surface area contributed by atoms with E-state index in [-0.39, 0.29) is 24.7 Å². The molecule has 0 radical (unpaired) electrons. The van der Waals surface area contributed by atoms with Gasteiger partial charge in [0.05, 0.1) is 18.4 Å². The number of nitrogens with one attached hydrogen (secondary N) is 1. The Kier molecular flexibility index (Phi) is 4.86. The standard InChI is InChI=1S/C24H20FNO5/c1-28-16-4-2-14(3-5-16)6-7-26-20-8-15-12-29-21-11-23-22(30-13-31-23)10-18(21)24(27)17(15)9-19(20)25/h2-5,8-11,26H,6-7,12-13H2,1H3. The van der Waals surface area contributed by atoms with Crippen molar-refractivity contribution in [1.82, 2.24) is 0 Å². The second-order valence-corrected chi connectivity index (χ2v) is 7.33. The molecule has 2 heterocycles. The molecule has 0 saturated carbocycles. The molecule has 3 aromatic carbocycles. The molecule has 6 nitrogen and oxygen atoms in total. The van der Waals surface area contributed by atoms with Gasteiger partial charge in [0, 0.05) is 23.7 Å². The van der Waals surface area contributed by atoms with Gasteiger partial charge in [0.25, 0.3) is 0 Å². The Morgan fingerprint density at radius 3 is 2.52 bits per heavy atom.